The maximum Gasteiger partial charge on any atom is 0.185 e. The summed E-state index contributed by atoms with van der Waals surface area (Å²) in [6, 6.07) is 10.1. The number of hydrogen-bond acceptors (Lipinski definition) is 5. The SMILES string of the molecule is COc1cc(C#N)ccc1OCc1ccc(C=O)o1. The Labute approximate surface area is 110 Å². The lowest BCUT2D eigenvalue weighted by molar-refractivity contribution is 0.109. The van der Waals surface area contributed by atoms with Gasteiger partial charge in [-0.25, -0.2) is 0 Å². The molecule has 0 fully saturated rings. The number of benzene rings is 1. The number of rotatable bonds is 5. The molecule has 0 saturated heterocycles. The highest BCUT2D eigenvalue weighted by atomic mass is 16.5. The number of aldehydes is 1. The van der Waals surface area contributed by atoms with Gasteiger partial charge in [-0.15, -0.1) is 0 Å². The van der Waals surface area contributed by atoms with Crippen LogP contribution in [0.5, 0.6) is 11.5 Å². The van der Waals surface area contributed by atoms with Crippen LogP contribution in [0.25, 0.3) is 0 Å². The van der Waals surface area contributed by atoms with Crippen LogP contribution in [0, 0.1) is 11.3 Å². The number of nitrogens with zero attached hydrogens (tertiary/aromatic N) is 1. The van der Waals surface area contributed by atoms with E-state index < -0.39 is 0 Å². The lowest BCUT2D eigenvalue weighted by atomic mass is 10.2. The Balaban J connectivity index is 2.10. The molecule has 1 heterocycles. The van der Waals surface area contributed by atoms with Crippen LogP contribution in [0.1, 0.15) is 21.9 Å². The molecule has 1 aromatic carbocycles. The predicted octanol–water partition coefficient (Wildman–Crippen LogP) is 2.55. The van der Waals surface area contributed by atoms with Crippen molar-refractivity contribution in [2.45, 2.75) is 6.61 Å². The first-order valence-corrected chi connectivity index (χ1v) is 5.51. The van der Waals surface area contributed by atoms with Gasteiger partial charge in [0.25, 0.3) is 0 Å². The molecule has 1 aromatic heterocycles. The fourth-order valence-electron chi connectivity index (χ4n) is 1.54. The second-order valence-electron chi connectivity index (χ2n) is 3.69. The molecule has 96 valence electrons. The van der Waals surface area contributed by atoms with Crippen molar-refractivity contribution >= 4 is 6.29 Å². The molecule has 0 unspecified atom stereocenters. The number of furan rings is 1. The molecule has 0 saturated carbocycles. The molecule has 0 N–H and O–H groups in total. The number of carbonyl (C=O) groups excluding carboxylic acids is 1. The average molecular weight is 257 g/mol. The van der Waals surface area contributed by atoms with Gasteiger partial charge in [0.15, 0.2) is 23.5 Å². The van der Waals surface area contributed by atoms with Gasteiger partial charge in [-0.2, -0.15) is 5.26 Å². The third-order valence-corrected chi connectivity index (χ3v) is 2.46. The van der Waals surface area contributed by atoms with Gasteiger partial charge in [-0.05, 0) is 24.3 Å². The number of ether oxygens (including phenoxy) is 2. The van der Waals surface area contributed by atoms with E-state index in [0.717, 1.165) is 0 Å². The monoisotopic (exact) mass is 257 g/mol. The minimum absolute atomic E-state index is 0.177. The summed E-state index contributed by atoms with van der Waals surface area (Å²) < 4.78 is 15.9. The van der Waals surface area contributed by atoms with Crippen molar-refractivity contribution in [1.29, 1.82) is 5.26 Å². The molecule has 0 aliphatic rings. The highest BCUT2D eigenvalue weighted by Crippen LogP contribution is 2.28. The quantitative estimate of drug-likeness (QED) is 0.769. The second kappa shape index (κ2) is 5.74. The molecule has 0 atom stereocenters. The summed E-state index contributed by atoms with van der Waals surface area (Å²) in [6.07, 6.45) is 0.631. The summed E-state index contributed by atoms with van der Waals surface area (Å²) in [6.45, 7) is 0.177. The van der Waals surface area contributed by atoms with Gasteiger partial charge < -0.3 is 13.9 Å². The van der Waals surface area contributed by atoms with Gasteiger partial charge in [-0.1, -0.05) is 0 Å². The van der Waals surface area contributed by atoms with E-state index in [0.29, 0.717) is 29.1 Å². The standard InChI is InChI=1S/C14H11NO4/c1-17-14-6-10(7-15)2-5-13(14)18-9-12-4-3-11(8-16)19-12/h2-6,8H,9H2,1H3. The van der Waals surface area contributed by atoms with Crippen molar-refractivity contribution in [2.75, 3.05) is 7.11 Å². The van der Waals surface area contributed by atoms with Gasteiger partial charge in [0.2, 0.25) is 0 Å². The molecule has 0 amide bonds. The topological polar surface area (TPSA) is 72.5 Å². The first-order chi connectivity index (χ1) is 9.26. The highest BCUT2D eigenvalue weighted by molar-refractivity contribution is 5.70. The van der Waals surface area contributed by atoms with Gasteiger partial charge in [-0.3, -0.25) is 4.79 Å². The number of carbonyl (C=O) groups is 1. The van der Waals surface area contributed by atoms with Crippen LogP contribution in [0.3, 0.4) is 0 Å². The number of nitriles is 1. The fraction of sp³-hybridized carbons (Fsp3) is 0.143. The molecule has 2 aromatic rings. The van der Waals surface area contributed by atoms with E-state index in [4.69, 9.17) is 19.2 Å². The summed E-state index contributed by atoms with van der Waals surface area (Å²) >= 11 is 0. The molecular weight excluding hydrogens is 246 g/mol. The Kier molecular flexibility index (Phi) is 3.84. The van der Waals surface area contributed by atoms with Crippen molar-refractivity contribution in [1.82, 2.24) is 0 Å². The van der Waals surface area contributed by atoms with Crippen LogP contribution in [-0.4, -0.2) is 13.4 Å². The van der Waals surface area contributed by atoms with E-state index in [2.05, 4.69) is 0 Å². The summed E-state index contributed by atoms with van der Waals surface area (Å²) in [5.41, 5.74) is 0.491. The van der Waals surface area contributed by atoms with Crippen LogP contribution in [-0.2, 0) is 6.61 Å². The molecule has 0 aliphatic carbocycles. The Morgan fingerprint density at radius 1 is 1.32 bits per heavy atom. The normalized spacial score (nSPS) is 9.68. The van der Waals surface area contributed by atoms with E-state index in [1.165, 1.54) is 7.11 Å². The number of hydrogen-bond donors (Lipinski definition) is 0. The zero-order valence-electron chi connectivity index (χ0n) is 10.3. The second-order valence-corrected chi connectivity index (χ2v) is 3.69. The van der Waals surface area contributed by atoms with Crippen LogP contribution in [0.2, 0.25) is 0 Å². The summed E-state index contributed by atoms with van der Waals surface area (Å²) in [7, 11) is 1.50. The largest absolute Gasteiger partial charge is 0.493 e. The first kappa shape index (κ1) is 12.7. The molecule has 5 nitrogen and oxygen atoms in total. The molecule has 19 heavy (non-hydrogen) atoms. The van der Waals surface area contributed by atoms with Crippen LogP contribution in [0.4, 0.5) is 0 Å². The average Bonchev–Trinajstić information content (AvgIpc) is 2.92. The molecule has 0 bridgehead atoms. The highest BCUT2D eigenvalue weighted by Gasteiger charge is 2.07. The maximum absolute atomic E-state index is 10.5. The maximum atomic E-state index is 10.5. The van der Waals surface area contributed by atoms with E-state index in [-0.39, 0.29) is 12.4 Å². The minimum Gasteiger partial charge on any atom is -0.493 e. The molecule has 0 radical (unpaired) electrons. The molecule has 0 spiro atoms. The zero-order valence-corrected chi connectivity index (χ0v) is 10.3. The first-order valence-electron chi connectivity index (χ1n) is 5.51. The third kappa shape index (κ3) is 2.93. The predicted molar refractivity (Wildman–Crippen MR) is 66.1 cm³/mol. The molecule has 0 aliphatic heterocycles. The Morgan fingerprint density at radius 2 is 2.16 bits per heavy atom. The Morgan fingerprint density at radius 3 is 2.79 bits per heavy atom. The van der Waals surface area contributed by atoms with Crippen molar-refractivity contribution in [3.8, 4) is 17.6 Å². The molecule has 2 rings (SSSR count). The lowest BCUT2D eigenvalue weighted by Gasteiger charge is -2.09. The van der Waals surface area contributed by atoms with Gasteiger partial charge >= 0.3 is 0 Å². The van der Waals surface area contributed by atoms with Gasteiger partial charge in [0.05, 0.1) is 18.7 Å². The van der Waals surface area contributed by atoms with Crippen LogP contribution < -0.4 is 9.47 Å². The molecular formula is C14H11NO4. The van der Waals surface area contributed by atoms with E-state index in [9.17, 15) is 4.79 Å². The van der Waals surface area contributed by atoms with Crippen LogP contribution in [0.15, 0.2) is 34.7 Å². The van der Waals surface area contributed by atoms with Crippen molar-refractivity contribution < 1.29 is 18.7 Å². The minimum atomic E-state index is 0.177. The summed E-state index contributed by atoms with van der Waals surface area (Å²) in [5, 5.41) is 8.79. The summed E-state index contributed by atoms with van der Waals surface area (Å²) in [5.74, 6) is 1.77. The Bertz CT molecular complexity index is 625. The van der Waals surface area contributed by atoms with Gasteiger partial charge in [0.1, 0.15) is 12.4 Å². The third-order valence-electron chi connectivity index (χ3n) is 2.46. The van der Waals surface area contributed by atoms with E-state index in [1.54, 1.807) is 30.3 Å². The summed E-state index contributed by atoms with van der Waals surface area (Å²) in [4.78, 5) is 10.5. The Hall–Kier alpha value is -2.74. The lowest BCUT2D eigenvalue weighted by Crippen LogP contribution is -1.97. The fourth-order valence-corrected chi connectivity index (χ4v) is 1.54. The van der Waals surface area contributed by atoms with Gasteiger partial charge in [0, 0.05) is 6.07 Å². The van der Waals surface area contributed by atoms with Crippen molar-refractivity contribution in [2.24, 2.45) is 0 Å². The van der Waals surface area contributed by atoms with Crippen molar-refractivity contribution in [3.63, 3.8) is 0 Å². The molecule has 5 heteroatoms. The van der Waals surface area contributed by atoms with Crippen LogP contribution >= 0.6 is 0 Å². The van der Waals surface area contributed by atoms with E-state index in [1.807, 2.05) is 6.07 Å². The zero-order chi connectivity index (χ0) is 13.7. The van der Waals surface area contributed by atoms with Crippen molar-refractivity contribution in [3.05, 3.63) is 47.4 Å². The smallest absolute Gasteiger partial charge is 0.185 e. The number of methoxy groups -OCH3 is 1. The van der Waals surface area contributed by atoms with E-state index >= 15 is 0 Å².